The first-order valence-electron chi connectivity index (χ1n) is 10.6. The van der Waals surface area contributed by atoms with Crippen LogP contribution in [0.3, 0.4) is 0 Å². The van der Waals surface area contributed by atoms with E-state index in [0.29, 0.717) is 16.6 Å². The summed E-state index contributed by atoms with van der Waals surface area (Å²) in [6.07, 6.45) is 0.593. The molecule has 0 bridgehead atoms. The molecule has 0 saturated carbocycles. The summed E-state index contributed by atoms with van der Waals surface area (Å²) >= 11 is 7.23. The monoisotopic (exact) mass is 498 g/mol. The van der Waals surface area contributed by atoms with E-state index in [1.165, 1.54) is 21.2 Å². The van der Waals surface area contributed by atoms with E-state index in [-0.39, 0.29) is 36.3 Å². The van der Waals surface area contributed by atoms with Crippen LogP contribution in [0.1, 0.15) is 18.9 Å². The van der Waals surface area contributed by atoms with Crippen LogP contribution >= 0.6 is 23.4 Å². The number of anilines is 2. The molecule has 34 heavy (non-hydrogen) atoms. The number of hydrogen-bond acceptors (Lipinski definition) is 6. The van der Waals surface area contributed by atoms with Crippen molar-refractivity contribution in [3.05, 3.63) is 80.0 Å². The summed E-state index contributed by atoms with van der Waals surface area (Å²) in [5.41, 5.74) is 7.27. The number of nitrogens with two attached hydrogens (primary N) is 1. The first-order valence-corrected chi connectivity index (χ1v) is 12.0. The van der Waals surface area contributed by atoms with E-state index in [4.69, 9.17) is 17.3 Å². The number of benzene rings is 2. The lowest BCUT2D eigenvalue weighted by atomic mass is 10.2. The Labute approximate surface area is 204 Å². The second-order valence-electron chi connectivity index (χ2n) is 7.60. The number of hydrogen-bond donors (Lipinski definition) is 3. The molecule has 0 saturated heterocycles. The Morgan fingerprint density at radius 2 is 1.94 bits per heavy atom. The minimum atomic E-state index is -0.697. The van der Waals surface area contributed by atoms with Crippen LogP contribution in [0.15, 0.2) is 63.3 Å². The molecule has 4 N–H and O–H groups in total. The fourth-order valence-corrected chi connectivity index (χ4v) is 4.51. The van der Waals surface area contributed by atoms with Crippen molar-refractivity contribution >= 4 is 51.8 Å². The number of imidazole rings is 1. The molecule has 11 heteroatoms. The topological polar surface area (TPSA) is 130 Å². The number of aromatic nitrogens is 4. The van der Waals surface area contributed by atoms with Gasteiger partial charge >= 0.3 is 5.69 Å². The molecule has 0 fully saturated rings. The zero-order valence-electron chi connectivity index (χ0n) is 18.4. The highest BCUT2D eigenvalue weighted by atomic mass is 35.5. The largest absolute Gasteiger partial charge is 0.383 e. The van der Waals surface area contributed by atoms with Crippen molar-refractivity contribution in [3.8, 4) is 0 Å². The normalized spacial score (nSPS) is 11.1. The standard InChI is InChI=1S/C23H23ClN6O3S/c1-2-10-29(18(31)13-34-22-26-16-9-8-15(24)11-17(16)27-22)19-20(25)30(23(33)28-21(19)32)12-14-6-4-3-5-7-14/h3-9,11H,2,10,12-13,25H2,1H3,(H,26,27)(H,28,32,33). The molecule has 0 aliphatic heterocycles. The SMILES string of the molecule is CCCN(C(=O)CSc1nc2ccc(Cl)cc2[nH]1)c1c(N)n(Cc2ccccc2)c(=O)[nH]c1=O. The number of nitrogens with one attached hydrogen (secondary N) is 2. The molecule has 0 radical (unpaired) electrons. The number of thioether (sulfide) groups is 1. The van der Waals surface area contributed by atoms with Gasteiger partial charge in [0.2, 0.25) is 5.91 Å². The Morgan fingerprint density at radius 3 is 2.68 bits per heavy atom. The molecule has 0 aliphatic rings. The predicted octanol–water partition coefficient (Wildman–Crippen LogP) is 3.23. The van der Waals surface area contributed by atoms with Crippen LogP contribution in [0.5, 0.6) is 0 Å². The second-order valence-corrected chi connectivity index (χ2v) is 9.00. The number of amides is 1. The highest BCUT2D eigenvalue weighted by Gasteiger charge is 2.24. The third-order valence-corrected chi connectivity index (χ3v) is 6.26. The molecule has 1 amide bonds. The van der Waals surface area contributed by atoms with Crippen LogP contribution in [0.25, 0.3) is 11.0 Å². The molecule has 2 aromatic heterocycles. The van der Waals surface area contributed by atoms with Gasteiger partial charge in [-0.3, -0.25) is 19.1 Å². The minimum absolute atomic E-state index is 0.0181. The zero-order chi connectivity index (χ0) is 24.2. The van der Waals surface area contributed by atoms with Gasteiger partial charge in [-0.25, -0.2) is 9.78 Å². The first-order chi connectivity index (χ1) is 16.4. The zero-order valence-corrected chi connectivity index (χ0v) is 19.9. The molecule has 176 valence electrons. The smallest absolute Gasteiger partial charge is 0.330 e. The summed E-state index contributed by atoms with van der Waals surface area (Å²) in [5, 5.41) is 1.14. The lowest BCUT2D eigenvalue weighted by Gasteiger charge is -2.24. The van der Waals surface area contributed by atoms with E-state index >= 15 is 0 Å². The Hall–Kier alpha value is -3.50. The molecular weight excluding hydrogens is 476 g/mol. The van der Waals surface area contributed by atoms with E-state index in [2.05, 4.69) is 15.0 Å². The van der Waals surface area contributed by atoms with Gasteiger partial charge in [-0.05, 0) is 30.2 Å². The third kappa shape index (κ3) is 5.02. The van der Waals surface area contributed by atoms with E-state index < -0.39 is 11.2 Å². The fraction of sp³-hybridized carbons (Fsp3) is 0.217. The van der Waals surface area contributed by atoms with E-state index in [1.807, 2.05) is 37.3 Å². The van der Waals surface area contributed by atoms with Gasteiger partial charge in [0, 0.05) is 11.6 Å². The van der Waals surface area contributed by atoms with Crippen molar-refractivity contribution in [1.82, 2.24) is 19.5 Å². The molecular formula is C23H23ClN6O3S. The number of nitrogen functional groups attached to an aromatic ring is 1. The summed E-state index contributed by atoms with van der Waals surface area (Å²) < 4.78 is 1.26. The number of halogens is 1. The molecule has 4 rings (SSSR count). The Morgan fingerprint density at radius 1 is 1.18 bits per heavy atom. The van der Waals surface area contributed by atoms with Crippen LogP contribution < -0.4 is 21.9 Å². The number of rotatable bonds is 8. The summed E-state index contributed by atoms with van der Waals surface area (Å²) in [6, 6.07) is 14.6. The number of nitrogens with zero attached hydrogens (tertiary/aromatic N) is 3. The van der Waals surface area contributed by atoms with Gasteiger partial charge in [-0.1, -0.05) is 60.6 Å². The van der Waals surface area contributed by atoms with Gasteiger partial charge < -0.3 is 15.6 Å². The van der Waals surface area contributed by atoms with E-state index in [1.54, 1.807) is 18.2 Å². The first kappa shape index (κ1) is 23.7. The highest BCUT2D eigenvalue weighted by Crippen LogP contribution is 2.24. The molecule has 0 aliphatic carbocycles. The van der Waals surface area contributed by atoms with Crippen LogP contribution in [-0.4, -0.2) is 37.7 Å². The summed E-state index contributed by atoms with van der Waals surface area (Å²) in [4.78, 5) is 49.6. The second kappa shape index (κ2) is 10.2. The van der Waals surface area contributed by atoms with Crippen molar-refractivity contribution in [3.63, 3.8) is 0 Å². The predicted molar refractivity (Wildman–Crippen MR) is 136 cm³/mol. The molecule has 2 aromatic carbocycles. The number of aromatic amines is 2. The van der Waals surface area contributed by atoms with Crippen LogP contribution in [0.4, 0.5) is 11.5 Å². The number of fused-ring (bicyclic) bond motifs is 1. The lowest BCUT2D eigenvalue weighted by molar-refractivity contribution is -0.116. The maximum absolute atomic E-state index is 13.2. The number of carbonyl (C=O) groups excluding carboxylic acids is 1. The molecule has 9 nitrogen and oxygen atoms in total. The van der Waals surface area contributed by atoms with Crippen LogP contribution in [-0.2, 0) is 11.3 Å². The number of H-pyrrole nitrogens is 2. The molecule has 0 unspecified atom stereocenters. The van der Waals surface area contributed by atoms with Crippen molar-refractivity contribution in [1.29, 1.82) is 0 Å². The maximum atomic E-state index is 13.2. The molecule has 0 atom stereocenters. The lowest BCUT2D eigenvalue weighted by Crippen LogP contribution is -2.42. The van der Waals surface area contributed by atoms with Crippen molar-refractivity contribution in [2.75, 3.05) is 22.9 Å². The van der Waals surface area contributed by atoms with E-state index in [9.17, 15) is 14.4 Å². The third-order valence-electron chi connectivity index (χ3n) is 5.17. The van der Waals surface area contributed by atoms with E-state index in [0.717, 1.165) is 16.6 Å². The van der Waals surface area contributed by atoms with Crippen molar-refractivity contribution in [2.24, 2.45) is 0 Å². The molecule has 4 aromatic rings. The van der Waals surface area contributed by atoms with Gasteiger partial charge in [0.25, 0.3) is 5.56 Å². The summed E-state index contributed by atoms with van der Waals surface area (Å²) in [7, 11) is 0. The fourth-order valence-electron chi connectivity index (χ4n) is 3.58. The van der Waals surface area contributed by atoms with Gasteiger partial charge in [0.1, 0.15) is 5.82 Å². The van der Waals surface area contributed by atoms with Gasteiger partial charge in [-0.15, -0.1) is 0 Å². The average Bonchev–Trinajstić information content (AvgIpc) is 3.22. The number of carbonyl (C=O) groups is 1. The van der Waals surface area contributed by atoms with Gasteiger partial charge in [0.05, 0.1) is 23.3 Å². The van der Waals surface area contributed by atoms with Crippen molar-refractivity contribution < 1.29 is 4.79 Å². The highest BCUT2D eigenvalue weighted by molar-refractivity contribution is 7.99. The molecule has 2 heterocycles. The maximum Gasteiger partial charge on any atom is 0.330 e. The van der Waals surface area contributed by atoms with Crippen molar-refractivity contribution in [2.45, 2.75) is 25.0 Å². The van der Waals surface area contributed by atoms with Crippen LogP contribution in [0, 0.1) is 0 Å². The van der Waals surface area contributed by atoms with Gasteiger partial charge in [0.15, 0.2) is 10.8 Å². The Balaban J connectivity index is 1.61. The Bertz CT molecular complexity index is 1450. The summed E-state index contributed by atoms with van der Waals surface area (Å²) in [5.74, 6) is -0.361. The minimum Gasteiger partial charge on any atom is -0.383 e. The van der Waals surface area contributed by atoms with Gasteiger partial charge in [-0.2, -0.15) is 0 Å². The molecule has 0 spiro atoms. The average molecular weight is 499 g/mol. The quantitative estimate of drug-likeness (QED) is 0.320. The Kier molecular flexibility index (Phi) is 7.09. The van der Waals surface area contributed by atoms with Crippen LogP contribution in [0.2, 0.25) is 5.02 Å². The summed E-state index contributed by atoms with van der Waals surface area (Å²) in [6.45, 7) is 2.33.